The van der Waals surface area contributed by atoms with Crippen LogP contribution in [-0.2, 0) is 0 Å². The minimum absolute atomic E-state index is 0.0821. The van der Waals surface area contributed by atoms with E-state index in [0.29, 0.717) is 0 Å². The molecule has 0 radical (unpaired) electrons. The van der Waals surface area contributed by atoms with Crippen molar-refractivity contribution in [1.82, 2.24) is 16.0 Å². The lowest BCUT2D eigenvalue weighted by Crippen LogP contribution is -2.50. The highest BCUT2D eigenvalue weighted by molar-refractivity contribution is 5.18. The Morgan fingerprint density at radius 2 is 2.30 bits per heavy atom. The van der Waals surface area contributed by atoms with E-state index >= 15 is 0 Å². The van der Waals surface area contributed by atoms with Gasteiger partial charge in [-0.1, -0.05) is 0 Å². The molecule has 0 spiro atoms. The van der Waals surface area contributed by atoms with Crippen LogP contribution in [0.2, 0.25) is 0 Å². The van der Waals surface area contributed by atoms with Crippen molar-refractivity contribution in [3.8, 4) is 0 Å². The first-order valence-corrected chi connectivity index (χ1v) is 3.59. The standard InChI is InChI=1S/C6H12N4/c7-5-3-9-6-4(10-5)1-2-8-6/h5,8-10H,1-3,7H2/t5-/m0/s1. The maximum absolute atomic E-state index is 5.66. The summed E-state index contributed by atoms with van der Waals surface area (Å²) in [6.45, 7) is 1.84. The lowest BCUT2D eigenvalue weighted by molar-refractivity contribution is 0.507. The number of rotatable bonds is 0. The first-order chi connectivity index (χ1) is 4.86. The SMILES string of the molecule is N[C@@H]1CNC2=C(CCN2)N1. The van der Waals surface area contributed by atoms with Crippen LogP contribution in [-0.4, -0.2) is 19.3 Å². The second kappa shape index (κ2) is 2.05. The fraction of sp³-hybridized carbons (Fsp3) is 0.667. The van der Waals surface area contributed by atoms with Crippen molar-refractivity contribution in [2.24, 2.45) is 5.73 Å². The topological polar surface area (TPSA) is 62.1 Å². The molecule has 0 saturated carbocycles. The zero-order valence-corrected chi connectivity index (χ0v) is 5.78. The van der Waals surface area contributed by atoms with Crippen molar-refractivity contribution in [3.05, 3.63) is 11.5 Å². The lowest BCUT2D eigenvalue weighted by atomic mass is 10.3. The highest BCUT2D eigenvalue weighted by Gasteiger charge is 2.19. The molecule has 0 bridgehead atoms. The van der Waals surface area contributed by atoms with E-state index in [1.54, 1.807) is 0 Å². The Morgan fingerprint density at radius 3 is 3.20 bits per heavy atom. The number of hydrogen-bond acceptors (Lipinski definition) is 4. The van der Waals surface area contributed by atoms with Crippen LogP contribution >= 0.6 is 0 Å². The van der Waals surface area contributed by atoms with Crippen LogP contribution in [0.25, 0.3) is 0 Å². The molecule has 0 saturated heterocycles. The van der Waals surface area contributed by atoms with Gasteiger partial charge in [0.2, 0.25) is 0 Å². The van der Waals surface area contributed by atoms with Crippen LogP contribution in [0.1, 0.15) is 6.42 Å². The Labute approximate surface area is 59.9 Å². The second-order valence-corrected chi connectivity index (χ2v) is 2.66. The van der Waals surface area contributed by atoms with Gasteiger partial charge in [-0.05, 0) is 0 Å². The van der Waals surface area contributed by atoms with Crippen molar-refractivity contribution in [2.45, 2.75) is 12.6 Å². The third-order valence-corrected chi connectivity index (χ3v) is 1.84. The second-order valence-electron chi connectivity index (χ2n) is 2.66. The van der Waals surface area contributed by atoms with Gasteiger partial charge in [-0.25, -0.2) is 0 Å². The number of nitrogens with two attached hydrogens (primary N) is 1. The van der Waals surface area contributed by atoms with Crippen LogP contribution in [0.15, 0.2) is 11.5 Å². The largest absolute Gasteiger partial charge is 0.370 e. The molecular weight excluding hydrogens is 128 g/mol. The van der Waals surface area contributed by atoms with Crippen LogP contribution < -0.4 is 21.7 Å². The van der Waals surface area contributed by atoms with Crippen molar-refractivity contribution < 1.29 is 0 Å². The Kier molecular flexibility index (Phi) is 1.20. The molecule has 0 aromatic carbocycles. The molecule has 2 rings (SSSR count). The highest BCUT2D eigenvalue weighted by Crippen LogP contribution is 2.10. The summed E-state index contributed by atoms with van der Waals surface area (Å²) in [5, 5.41) is 9.65. The molecule has 0 unspecified atom stereocenters. The zero-order chi connectivity index (χ0) is 6.97. The highest BCUT2D eigenvalue weighted by atomic mass is 15.2. The fourth-order valence-corrected chi connectivity index (χ4v) is 1.34. The van der Waals surface area contributed by atoms with Gasteiger partial charge >= 0.3 is 0 Å². The van der Waals surface area contributed by atoms with Gasteiger partial charge in [0.25, 0.3) is 0 Å². The summed E-state index contributed by atoms with van der Waals surface area (Å²) >= 11 is 0. The lowest BCUT2D eigenvalue weighted by Gasteiger charge is -2.23. The number of hydrogen-bond donors (Lipinski definition) is 4. The zero-order valence-electron chi connectivity index (χ0n) is 5.78. The van der Waals surface area contributed by atoms with Gasteiger partial charge < -0.3 is 21.7 Å². The van der Waals surface area contributed by atoms with E-state index in [-0.39, 0.29) is 6.17 Å². The van der Waals surface area contributed by atoms with Crippen LogP contribution in [0.4, 0.5) is 0 Å². The van der Waals surface area contributed by atoms with E-state index in [2.05, 4.69) is 16.0 Å². The third kappa shape index (κ3) is 0.806. The average Bonchev–Trinajstić information content (AvgIpc) is 2.33. The van der Waals surface area contributed by atoms with Crippen molar-refractivity contribution in [3.63, 3.8) is 0 Å². The van der Waals surface area contributed by atoms with E-state index in [4.69, 9.17) is 5.73 Å². The van der Waals surface area contributed by atoms with Gasteiger partial charge in [0.05, 0.1) is 11.9 Å². The Morgan fingerprint density at radius 1 is 1.40 bits per heavy atom. The van der Waals surface area contributed by atoms with Crippen molar-refractivity contribution in [1.29, 1.82) is 0 Å². The Balaban J connectivity index is 2.13. The molecule has 2 aliphatic heterocycles. The normalized spacial score (nSPS) is 30.3. The monoisotopic (exact) mass is 140 g/mol. The summed E-state index contributed by atoms with van der Waals surface area (Å²) in [7, 11) is 0. The predicted octanol–water partition coefficient (Wildman–Crippen LogP) is -1.37. The summed E-state index contributed by atoms with van der Waals surface area (Å²) in [6.07, 6.45) is 1.15. The molecule has 1 atom stereocenters. The predicted molar refractivity (Wildman–Crippen MR) is 38.8 cm³/mol. The molecule has 0 aliphatic carbocycles. The first-order valence-electron chi connectivity index (χ1n) is 3.59. The Hall–Kier alpha value is -0.900. The smallest absolute Gasteiger partial charge is 0.118 e. The first kappa shape index (κ1) is 5.85. The molecule has 0 aromatic heterocycles. The van der Waals surface area contributed by atoms with E-state index in [9.17, 15) is 0 Å². The van der Waals surface area contributed by atoms with Crippen molar-refractivity contribution in [2.75, 3.05) is 13.1 Å². The summed E-state index contributed by atoms with van der Waals surface area (Å²) in [5.74, 6) is 1.14. The van der Waals surface area contributed by atoms with Gasteiger partial charge in [-0.3, -0.25) is 0 Å². The van der Waals surface area contributed by atoms with E-state index in [0.717, 1.165) is 25.3 Å². The minimum atomic E-state index is 0.0821. The van der Waals surface area contributed by atoms with Gasteiger partial charge in [0, 0.05) is 19.5 Å². The summed E-state index contributed by atoms with van der Waals surface area (Å²) < 4.78 is 0. The number of nitrogens with one attached hydrogen (secondary N) is 3. The maximum atomic E-state index is 5.66. The van der Waals surface area contributed by atoms with Crippen LogP contribution in [0.3, 0.4) is 0 Å². The van der Waals surface area contributed by atoms with Crippen LogP contribution in [0.5, 0.6) is 0 Å². The maximum Gasteiger partial charge on any atom is 0.118 e. The van der Waals surface area contributed by atoms with E-state index in [1.807, 2.05) is 0 Å². The molecule has 10 heavy (non-hydrogen) atoms. The van der Waals surface area contributed by atoms with Gasteiger partial charge in [-0.15, -0.1) is 0 Å². The summed E-state index contributed by atoms with van der Waals surface area (Å²) in [6, 6.07) is 0. The van der Waals surface area contributed by atoms with E-state index in [1.165, 1.54) is 5.70 Å². The summed E-state index contributed by atoms with van der Waals surface area (Å²) in [5.41, 5.74) is 6.89. The van der Waals surface area contributed by atoms with E-state index < -0.39 is 0 Å². The molecule has 4 heteroatoms. The van der Waals surface area contributed by atoms with Gasteiger partial charge in [-0.2, -0.15) is 0 Å². The molecule has 5 N–H and O–H groups in total. The molecule has 4 nitrogen and oxygen atoms in total. The van der Waals surface area contributed by atoms with Crippen LogP contribution in [0, 0.1) is 0 Å². The molecule has 0 fully saturated rings. The molecule has 56 valence electrons. The van der Waals surface area contributed by atoms with Gasteiger partial charge in [0.1, 0.15) is 5.82 Å². The molecular formula is C6H12N4. The van der Waals surface area contributed by atoms with Gasteiger partial charge in [0.15, 0.2) is 0 Å². The molecule has 2 heterocycles. The Bertz CT molecular complexity index is 175. The molecule has 2 aliphatic rings. The average molecular weight is 140 g/mol. The quantitative estimate of drug-likeness (QED) is 0.335. The summed E-state index contributed by atoms with van der Waals surface area (Å²) in [4.78, 5) is 0. The third-order valence-electron chi connectivity index (χ3n) is 1.84. The van der Waals surface area contributed by atoms with Crippen molar-refractivity contribution >= 4 is 0 Å². The molecule has 0 amide bonds. The molecule has 0 aromatic rings. The fourth-order valence-electron chi connectivity index (χ4n) is 1.34. The minimum Gasteiger partial charge on any atom is -0.370 e.